The fraction of sp³-hybridized carbons (Fsp3) is 0.583. The standard InChI is InChI=1S/C36H48N4O6/c1-2-3-18-40-34(43)31(32(41)27-14-21-45-22-15-27)38-35(44)36(40)16-19-39(20-17-36)24-26-6-10-29(11-7-26)46-30-12-8-28(9-13-30)33(42)37-23-25-4-5-25/h6-13,25,27,31-32,41H,2-5,14-24H2,1H3,(H,37,42)(H,38,44)/t31-,32-/m1/s1. The van der Waals surface area contributed by atoms with Crippen molar-refractivity contribution in [3.63, 3.8) is 0 Å². The first-order valence-corrected chi connectivity index (χ1v) is 17.1. The van der Waals surface area contributed by atoms with Crippen molar-refractivity contribution in [1.82, 2.24) is 20.4 Å². The highest BCUT2D eigenvalue weighted by molar-refractivity contribution is 6.00. The van der Waals surface area contributed by atoms with Gasteiger partial charge >= 0.3 is 0 Å². The average molecular weight is 633 g/mol. The van der Waals surface area contributed by atoms with Crippen molar-refractivity contribution in [2.45, 2.75) is 82.5 Å². The molecule has 1 saturated carbocycles. The molecule has 0 radical (unpaired) electrons. The van der Waals surface area contributed by atoms with Gasteiger partial charge in [0.2, 0.25) is 11.8 Å². The number of carbonyl (C=O) groups excluding carboxylic acids is 3. The second-order valence-corrected chi connectivity index (χ2v) is 13.5. The number of likely N-dealkylation sites (tertiary alicyclic amines) is 1. The van der Waals surface area contributed by atoms with Crippen molar-refractivity contribution in [2.24, 2.45) is 11.8 Å². The van der Waals surface area contributed by atoms with Gasteiger partial charge in [0.05, 0.1) is 6.10 Å². The molecular weight excluding hydrogens is 584 g/mol. The summed E-state index contributed by atoms with van der Waals surface area (Å²) >= 11 is 0. The molecule has 2 aromatic carbocycles. The normalized spacial score (nSPS) is 22.8. The first-order chi connectivity index (χ1) is 22.4. The SMILES string of the molecule is CCCCN1C(=O)[C@@H]([C@H](O)C2CCOCC2)NC(=O)C12CCN(Cc1ccc(Oc3ccc(C(=O)NCC4CC4)cc3)cc1)CC2. The van der Waals surface area contributed by atoms with Crippen molar-refractivity contribution in [1.29, 1.82) is 0 Å². The highest BCUT2D eigenvalue weighted by atomic mass is 16.5. The molecule has 10 nitrogen and oxygen atoms in total. The van der Waals surface area contributed by atoms with E-state index in [-0.39, 0.29) is 23.6 Å². The minimum absolute atomic E-state index is 0.0515. The van der Waals surface area contributed by atoms with Gasteiger partial charge in [-0.2, -0.15) is 0 Å². The van der Waals surface area contributed by atoms with Crippen LogP contribution in [0.4, 0.5) is 0 Å². The van der Waals surface area contributed by atoms with Crippen LogP contribution < -0.4 is 15.4 Å². The van der Waals surface area contributed by atoms with E-state index < -0.39 is 17.7 Å². The summed E-state index contributed by atoms with van der Waals surface area (Å²) in [5, 5.41) is 17.1. The zero-order valence-electron chi connectivity index (χ0n) is 26.9. The van der Waals surface area contributed by atoms with E-state index in [1.54, 1.807) is 17.0 Å². The van der Waals surface area contributed by atoms with E-state index in [0.29, 0.717) is 81.5 Å². The maximum atomic E-state index is 13.8. The predicted molar refractivity (Wildman–Crippen MR) is 173 cm³/mol. The van der Waals surface area contributed by atoms with Crippen LogP contribution in [0.25, 0.3) is 0 Å². The Morgan fingerprint density at radius 3 is 2.30 bits per heavy atom. The fourth-order valence-electron chi connectivity index (χ4n) is 7.01. The molecule has 0 unspecified atom stereocenters. The molecule has 3 heterocycles. The van der Waals surface area contributed by atoms with Gasteiger partial charge in [0.15, 0.2) is 0 Å². The minimum atomic E-state index is -0.906. The van der Waals surface area contributed by atoms with E-state index in [9.17, 15) is 19.5 Å². The second-order valence-electron chi connectivity index (χ2n) is 13.5. The lowest BCUT2D eigenvalue weighted by molar-refractivity contribution is -0.166. The van der Waals surface area contributed by atoms with Gasteiger partial charge in [-0.3, -0.25) is 19.3 Å². The smallest absolute Gasteiger partial charge is 0.251 e. The van der Waals surface area contributed by atoms with Gasteiger partial charge in [-0.1, -0.05) is 25.5 Å². The predicted octanol–water partition coefficient (Wildman–Crippen LogP) is 3.87. The number of carbonyl (C=O) groups is 3. The average Bonchev–Trinajstić information content (AvgIpc) is 3.92. The highest BCUT2D eigenvalue weighted by Crippen LogP contribution is 2.36. The maximum Gasteiger partial charge on any atom is 0.251 e. The molecule has 6 rings (SSSR count). The number of hydrogen-bond donors (Lipinski definition) is 3. The largest absolute Gasteiger partial charge is 0.457 e. The van der Waals surface area contributed by atoms with E-state index in [1.807, 2.05) is 36.4 Å². The first kappa shape index (κ1) is 32.5. The number of benzene rings is 2. The molecule has 2 atom stereocenters. The van der Waals surface area contributed by atoms with Crippen LogP contribution in [0.3, 0.4) is 0 Å². The summed E-state index contributed by atoms with van der Waals surface area (Å²) in [5.74, 6) is 1.64. The summed E-state index contributed by atoms with van der Waals surface area (Å²) in [6, 6.07) is 14.3. The second kappa shape index (κ2) is 14.5. The molecule has 4 aliphatic rings. The Morgan fingerprint density at radius 1 is 1.02 bits per heavy atom. The van der Waals surface area contributed by atoms with Gasteiger partial charge in [-0.15, -0.1) is 0 Å². The van der Waals surface area contributed by atoms with Crippen LogP contribution in [0.15, 0.2) is 48.5 Å². The monoisotopic (exact) mass is 632 g/mol. The summed E-state index contributed by atoms with van der Waals surface area (Å²) in [4.78, 5) is 44.0. The molecule has 3 aliphatic heterocycles. The zero-order chi connectivity index (χ0) is 32.1. The summed E-state index contributed by atoms with van der Waals surface area (Å²) < 4.78 is 11.5. The Balaban J connectivity index is 1.03. The van der Waals surface area contributed by atoms with E-state index in [4.69, 9.17) is 9.47 Å². The minimum Gasteiger partial charge on any atom is -0.457 e. The molecule has 0 bridgehead atoms. The molecule has 0 aromatic heterocycles. The van der Waals surface area contributed by atoms with Crippen molar-refractivity contribution >= 4 is 17.7 Å². The Kier molecular flexibility index (Phi) is 10.3. The number of aliphatic hydroxyl groups is 1. The number of hydrogen-bond acceptors (Lipinski definition) is 7. The van der Waals surface area contributed by atoms with Gasteiger partial charge in [0, 0.05) is 51.5 Å². The Morgan fingerprint density at radius 2 is 1.67 bits per heavy atom. The Bertz CT molecular complexity index is 1350. The van der Waals surface area contributed by atoms with Crippen LogP contribution in [0.5, 0.6) is 11.5 Å². The van der Waals surface area contributed by atoms with Gasteiger partial charge in [-0.25, -0.2) is 0 Å². The first-order valence-electron chi connectivity index (χ1n) is 17.1. The van der Waals surface area contributed by atoms with Gasteiger partial charge in [0.1, 0.15) is 23.1 Å². The van der Waals surface area contributed by atoms with Gasteiger partial charge in [0.25, 0.3) is 5.91 Å². The third-order valence-corrected chi connectivity index (χ3v) is 10.2. The van der Waals surface area contributed by atoms with Crippen molar-refractivity contribution in [3.05, 3.63) is 59.7 Å². The quantitative estimate of drug-likeness (QED) is 0.325. The van der Waals surface area contributed by atoms with E-state index >= 15 is 0 Å². The molecule has 3 saturated heterocycles. The summed E-state index contributed by atoms with van der Waals surface area (Å²) in [6.45, 7) is 6.61. The summed E-state index contributed by atoms with van der Waals surface area (Å²) in [7, 11) is 0. The number of rotatable bonds is 12. The number of piperazine rings is 1. The van der Waals surface area contributed by atoms with Crippen LogP contribution in [-0.2, 0) is 20.9 Å². The lowest BCUT2D eigenvalue weighted by Crippen LogP contribution is -2.75. The van der Waals surface area contributed by atoms with Crippen LogP contribution in [0.2, 0.25) is 0 Å². The molecule has 248 valence electrons. The fourth-order valence-corrected chi connectivity index (χ4v) is 7.01. The van der Waals surface area contributed by atoms with Crippen LogP contribution in [-0.4, -0.2) is 89.7 Å². The van der Waals surface area contributed by atoms with Crippen LogP contribution in [0.1, 0.15) is 74.2 Å². The third-order valence-electron chi connectivity index (χ3n) is 10.2. The molecule has 46 heavy (non-hydrogen) atoms. The lowest BCUT2D eigenvalue weighted by Gasteiger charge is -2.52. The molecule has 10 heteroatoms. The van der Waals surface area contributed by atoms with E-state index in [0.717, 1.165) is 31.5 Å². The molecule has 4 fully saturated rings. The molecular formula is C36H48N4O6. The van der Waals surface area contributed by atoms with Crippen LogP contribution in [0, 0.1) is 11.8 Å². The number of aliphatic hydroxyl groups excluding tert-OH is 1. The Hall–Kier alpha value is -3.47. The lowest BCUT2D eigenvalue weighted by atomic mass is 9.79. The molecule has 3 amide bonds. The molecule has 1 spiro atoms. The van der Waals surface area contributed by atoms with Crippen LogP contribution >= 0.6 is 0 Å². The van der Waals surface area contributed by atoms with E-state index in [2.05, 4.69) is 22.5 Å². The van der Waals surface area contributed by atoms with E-state index in [1.165, 1.54) is 12.8 Å². The molecule has 1 aliphatic carbocycles. The third kappa shape index (κ3) is 7.40. The number of unbranched alkanes of at least 4 members (excludes halogenated alkanes) is 1. The van der Waals surface area contributed by atoms with Crippen molar-refractivity contribution in [3.8, 4) is 11.5 Å². The van der Waals surface area contributed by atoms with Crippen molar-refractivity contribution in [2.75, 3.05) is 39.4 Å². The topological polar surface area (TPSA) is 120 Å². The number of amides is 3. The van der Waals surface area contributed by atoms with Gasteiger partial charge < -0.3 is 30.1 Å². The summed E-state index contributed by atoms with van der Waals surface area (Å²) in [6.07, 6.45) is 5.74. The van der Waals surface area contributed by atoms with Gasteiger partial charge in [-0.05, 0) is 98.7 Å². The summed E-state index contributed by atoms with van der Waals surface area (Å²) in [5.41, 5.74) is 0.889. The maximum absolute atomic E-state index is 13.8. The zero-order valence-corrected chi connectivity index (χ0v) is 26.9. The number of nitrogens with zero attached hydrogens (tertiary/aromatic N) is 2. The molecule has 2 aromatic rings. The number of nitrogens with one attached hydrogen (secondary N) is 2. The highest BCUT2D eigenvalue weighted by Gasteiger charge is 2.55. The number of ether oxygens (including phenoxy) is 2. The number of piperidine rings is 1. The van der Waals surface area contributed by atoms with Crippen molar-refractivity contribution < 1.29 is 29.0 Å². The Labute approximate surface area is 271 Å². The molecule has 3 N–H and O–H groups in total.